The zero-order valence-electron chi connectivity index (χ0n) is 21.5. The molecular formula is C28H29FN8O. The molecule has 0 radical (unpaired) electrons. The largest absolute Gasteiger partial charge is 0.383 e. The van der Waals surface area contributed by atoms with Crippen molar-refractivity contribution in [2.75, 3.05) is 22.5 Å². The lowest BCUT2D eigenvalue weighted by Crippen LogP contribution is -2.39. The van der Waals surface area contributed by atoms with Crippen LogP contribution in [0.3, 0.4) is 0 Å². The number of aromatic nitrogens is 2. The smallest absolute Gasteiger partial charge is 0.324 e. The molecule has 10 heteroatoms. The summed E-state index contributed by atoms with van der Waals surface area (Å²) in [7, 11) is 0. The molecule has 2 aromatic carbocycles. The minimum atomic E-state index is -0.663. The Kier molecular flexibility index (Phi) is 6.36. The van der Waals surface area contributed by atoms with Crippen LogP contribution in [0.5, 0.6) is 0 Å². The van der Waals surface area contributed by atoms with Gasteiger partial charge in [0.25, 0.3) is 0 Å². The van der Waals surface area contributed by atoms with Crippen LogP contribution in [0.15, 0.2) is 65.5 Å². The molecule has 38 heavy (non-hydrogen) atoms. The number of urea groups is 1. The Labute approximate surface area is 220 Å². The van der Waals surface area contributed by atoms with E-state index < -0.39 is 11.8 Å². The summed E-state index contributed by atoms with van der Waals surface area (Å²) in [4.78, 5) is 19.5. The number of amides is 2. The van der Waals surface area contributed by atoms with E-state index in [0.29, 0.717) is 23.6 Å². The van der Waals surface area contributed by atoms with Gasteiger partial charge in [0.05, 0.1) is 18.3 Å². The molecule has 2 aliphatic rings. The molecule has 9 nitrogen and oxygen atoms in total. The minimum Gasteiger partial charge on any atom is -0.383 e. The Morgan fingerprint density at radius 1 is 1.16 bits per heavy atom. The van der Waals surface area contributed by atoms with Crippen molar-refractivity contribution in [3.8, 4) is 17.3 Å². The summed E-state index contributed by atoms with van der Waals surface area (Å²) in [5.74, 6) is -0.0321. The number of nitrogens with zero attached hydrogens (tertiary/aromatic N) is 5. The normalized spacial score (nSPS) is 15.4. The van der Waals surface area contributed by atoms with Crippen LogP contribution in [0.4, 0.5) is 26.4 Å². The van der Waals surface area contributed by atoms with Crippen molar-refractivity contribution in [3.05, 3.63) is 71.9 Å². The van der Waals surface area contributed by atoms with E-state index in [0.717, 1.165) is 24.2 Å². The Morgan fingerprint density at radius 2 is 1.89 bits per heavy atom. The number of anilines is 3. The van der Waals surface area contributed by atoms with Crippen LogP contribution in [0.25, 0.3) is 11.3 Å². The molecular weight excluding hydrogens is 483 g/mol. The second kappa shape index (κ2) is 9.67. The van der Waals surface area contributed by atoms with Gasteiger partial charge >= 0.3 is 6.03 Å². The number of carbonyl (C=O) groups excluding carboxylic acids is 1. The number of aliphatic imine (C=N–C) groups is 1. The van der Waals surface area contributed by atoms with Gasteiger partial charge in [0.1, 0.15) is 34.8 Å². The first-order chi connectivity index (χ1) is 18.1. The average Bonchev–Trinajstić information content (AvgIpc) is 3.67. The fourth-order valence-electron chi connectivity index (χ4n) is 4.21. The van der Waals surface area contributed by atoms with Gasteiger partial charge in [-0.3, -0.25) is 5.32 Å². The predicted octanol–water partition coefficient (Wildman–Crippen LogP) is 5.41. The van der Waals surface area contributed by atoms with Crippen molar-refractivity contribution in [1.82, 2.24) is 15.1 Å². The molecule has 0 saturated heterocycles. The second-order valence-electron chi connectivity index (χ2n) is 10.5. The quantitative estimate of drug-likeness (QED) is 0.422. The Morgan fingerprint density at radius 3 is 2.53 bits per heavy atom. The van der Waals surface area contributed by atoms with Crippen LogP contribution in [-0.2, 0) is 0 Å². The Hall–Kier alpha value is -4.65. The lowest BCUT2D eigenvalue weighted by molar-refractivity contribution is 0.254. The molecule has 0 spiro atoms. The maximum Gasteiger partial charge on any atom is 0.324 e. The Balaban J connectivity index is 1.35. The lowest BCUT2D eigenvalue weighted by Gasteiger charge is -2.32. The van der Waals surface area contributed by atoms with Crippen LogP contribution in [0.2, 0.25) is 0 Å². The molecule has 1 aliphatic carbocycles. The van der Waals surface area contributed by atoms with Gasteiger partial charge in [-0.15, -0.1) is 0 Å². The maximum absolute atomic E-state index is 15.0. The maximum atomic E-state index is 15.0. The van der Waals surface area contributed by atoms with E-state index in [1.165, 1.54) is 12.1 Å². The third-order valence-corrected chi connectivity index (χ3v) is 6.49. The van der Waals surface area contributed by atoms with Crippen LogP contribution >= 0.6 is 0 Å². The standard InChI is InChI=1S/C28H29FN8O/c1-28(2,3)23-15-36(18-7-5-4-6-8-18)16-24(33-23)34-27(38)32-22-12-9-17(13-21(22)29)25-20(14-30)26(31)37(35-25)19-10-11-19/h4-9,12-13,16,19H,10-11,15,31H2,1-3H3,(H2,32,34,38). The van der Waals surface area contributed by atoms with Crippen LogP contribution in [-0.4, -0.2) is 28.1 Å². The van der Waals surface area contributed by atoms with Crippen molar-refractivity contribution in [2.45, 2.75) is 39.7 Å². The van der Waals surface area contributed by atoms with Gasteiger partial charge in [0, 0.05) is 28.6 Å². The highest BCUT2D eigenvalue weighted by molar-refractivity contribution is 5.97. The number of hydrogen-bond donors (Lipinski definition) is 3. The summed E-state index contributed by atoms with van der Waals surface area (Å²) in [6, 6.07) is 15.7. The number of halogens is 1. The first-order valence-electron chi connectivity index (χ1n) is 12.4. The van der Waals surface area contributed by atoms with Gasteiger partial charge in [-0.05, 0) is 37.1 Å². The van der Waals surface area contributed by atoms with Crippen LogP contribution in [0, 0.1) is 22.6 Å². The fraction of sp³-hybridized carbons (Fsp3) is 0.286. The highest BCUT2D eigenvalue weighted by atomic mass is 19.1. The van der Waals surface area contributed by atoms with E-state index in [-0.39, 0.29) is 28.5 Å². The van der Waals surface area contributed by atoms with Crippen molar-refractivity contribution >= 4 is 28.9 Å². The summed E-state index contributed by atoms with van der Waals surface area (Å²) in [6.07, 6.45) is 3.65. The number of rotatable bonds is 5. The molecule has 5 rings (SSSR count). The third-order valence-electron chi connectivity index (χ3n) is 6.49. The number of nitrogens with two attached hydrogens (primary N) is 1. The molecule has 0 unspecified atom stereocenters. The number of carbonyl (C=O) groups is 1. The summed E-state index contributed by atoms with van der Waals surface area (Å²) in [6.45, 7) is 6.78. The first-order valence-corrected chi connectivity index (χ1v) is 12.4. The molecule has 1 fully saturated rings. The number of para-hydroxylation sites is 1. The average molecular weight is 513 g/mol. The molecule has 0 atom stereocenters. The van der Waals surface area contributed by atoms with E-state index >= 15 is 4.39 Å². The minimum absolute atomic E-state index is 0.0179. The summed E-state index contributed by atoms with van der Waals surface area (Å²) >= 11 is 0. The summed E-state index contributed by atoms with van der Waals surface area (Å²) < 4.78 is 16.7. The molecule has 2 heterocycles. The van der Waals surface area contributed by atoms with Gasteiger partial charge in [0.15, 0.2) is 0 Å². The van der Waals surface area contributed by atoms with Crippen LogP contribution in [0.1, 0.15) is 45.2 Å². The monoisotopic (exact) mass is 512 g/mol. The summed E-state index contributed by atoms with van der Waals surface area (Å²) in [5.41, 5.74) is 8.67. The van der Waals surface area contributed by atoms with Gasteiger partial charge in [-0.1, -0.05) is 45.0 Å². The molecule has 2 amide bonds. The molecule has 4 N–H and O–H groups in total. The molecule has 194 valence electrons. The van der Waals surface area contributed by atoms with Crippen molar-refractivity contribution in [3.63, 3.8) is 0 Å². The highest BCUT2D eigenvalue weighted by Crippen LogP contribution is 2.39. The van der Waals surface area contributed by atoms with Gasteiger partial charge in [0.2, 0.25) is 0 Å². The molecule has 1 aliphatic heterocycles. The van der Waals surface area contributed by atoms with E-state index in [4.69, 9.17) is 5.73 Å². The van der Waals surface area contributed by atoms with Crippen LogP contribution < -0.4 is 21.3 Å². The Bertz CT molecular complexity index is 1490. The molecule has 0 bridgehead atoms. The first kappa shape index (κ1) is 25.0. The van der Waals surface area contributed by atoms with Gasteiger partial charge in [-0.25, -0.2) is 18.9 Å². The van der Waals surface area contributed by atoms with Crippen molar-refractivity contribution in [2.24, 2.45) is 10.4 Å². The SMILES string of the molecule is CC(C)(C)C1=NC(NC(=O)Nc2ccc(-c3nn(C4CC4)c(N)c3C#N)cc2F)=CN(c2ccccc2)C1. The van der Waals surface area contributed by atoms with E-state index in [2.05, 4.69) is 47.6 Å². The van der Waals surface area contributed by atoms with Gasteiger partial charge in [-0.2, -0.15) is 10.4 Å². The van der Waals surface area contributed by atoms with Crippen molar-refractivity contribution in [1.29, 1.82) is 5.26 Å². The molecule has 3 aromatic rings. The number of benzene rings is 2. The second-order valence-corrected chi connectivity index (χ2v) is 10.5. The number of hydrogen-bond acceptors (Lipinski definition) is 6. The van der Waals surface area contributed by atoms with Crippen molar-refractivity contribution < 1.29 is 9.18 Å². The summed E-state index contributed by atoms with van der Waals surface area (Å²) in [5, 5.41) is 19.3. The molecule has 1 saturated carbocycles. The zero-order valence-corrected chi connectivity index (χ0v) is 21.5. The third kappa shape index (κ3) is 5.09. The lowest BCUT2D eigenvalue weighted by atomic mass is 9.89. The number of nitrogen functional groups attached to an aromatic ring is 1. The van der Waals surface area contributed by atoms with E-state index in [9.17, 15) is 10.1 Å². The predicted molar refractivity (Wildman–Crippen MR) is 146 cm³/mol. The number of nitriles is 1. The number of nitrogens with one attached hydrogen (secondary N) is 2. The highest BCUT2D eigenvalue weighted by Gasteiger charge is 2.30. The van der Waals surface area contributed by atoms with E-state index in [1.807, 2.05) is 35.2 Å². The topological polar surface area (TPSA) is 124 Å². The molecule has 1 aromatic heterocycles. The van der Waals surface area contributed by atoms with Gasteiger partial charge < -0.3 is 16.0 Å². The zero-order chi connectivity index (χ0) is 27.0. The fourth-order valence-corrected chi connectivity index (χ4v) is 4.21. The van der Waals surface area contributed by atoms with E-state index in [1.54, 1.807) is 16.9 Å².